The van der Waals surface area contributed by atoms with Gasteiger partial charge in [0.2, 0.25) is 0 Å². The Morgan fingerprint density at radius 2 is 1.76 bits per heavy atom. The lowest BCUT2D eigenvalue weighted by atomic mass is 9.89. The monoisotopic (exact) mass is 294 g/mol. The number of methoxy groups -OCH3 is 1. The first-order valence-electron chi connectivity index (χ1n) is 7.12. The molecule has 2 amide bonds. The second-order valence-electron chi connectivity index (χ2n) is 6.11. The molecular formula is C16H26N2O3. The predicted molar refractivity (Wildman–Crippen MR) is 83.1 cm³/mol. The number of aliphatic hydroxyl groups is 1. The van der Waals surface area contributed by atoms with E-state index in [1.54, 1.807) is 7.11 Å². The molecule has 0 aliphatic rings. The van der Waals surface area contributed by atoms with Crippen LogP contribution in [0.4, 0.5) is 4.79 Å². The number of carbonyl (C=O) groups is 1. The first-order chi connectivity index (χ1) is 9.84. The lowest BCUT2D eigenvalue weighted by Gasteiger charge is -2.26. The number of ether oxygens (including phenoxy) is 1. The molecular weight excluding hydrogens is 268 g/mol. The highest BCUT2D eigenvalue weighted by atomic mass is 16.5. The quantitative estimate of drug-likeness (QED) is 0.752. The van der Waals surface area contributed by atoms with E-state index in [2.05, 4.69) is 10.6 Å². The SMILES string of the molecule is COC(CNC(=O)NCC(O)C(C)(C)C)c1ccccc1. The Morgan fingerprint density at radius 1 is 1.19 bits per heavy atom. The van der Waals surface area contributed by atoms with Crippen molar-refractivity contribution in [1.29, 1.82) is 0 Å². The number of rotatable bonds is 6. The molecule has 0 heterocycles. The standard InChI is InChI=1S/C16H26N2O3/c1-16(2,3)14(19)11-18-15(20)17-10-13(21-4)12-8-6-5-7-9-12/h5-9,13-14,19H,10-11H2,1-4H3,(H2,17,18,20). The Bertz CT molecular complexity index is 429. The Morgan fingerprint density at radius 3 is 2.29 bits per heavy atom. The fourth-order valence-corrected chi connectivity index (χ4v) is 1.75. The Balaban J connectivity index is 2.38. The van der Waals surface area contributed by atoms with Crippen LogP contribution in [0.1, 0.15) is 32.4 Å². The van der Waals surface area contributed by atoms with Gasteiger partial charge in [0.05, 0.1) is 12.2 Å². The van der Waals surface area contributed by atoms with Crippen LogP contribution in [0, 0.1) is 5.41 Å². The summed E-state index contributed by atoms with van der Waals surface area (Å²) in [5.41, 5.74) is 0.752. The minimum atomic E-state index is -0.587. The van der Waals surface area contributed by atoms with Crippen molar-refractivity contribution in [2.45, 2.75) is 33.0 Å². The maximum Gasteiger partial charge on any atom is 0.314 e. The van der Waals surface area contributed by atoms with Gasteiger partial charge in [0.1, 0.15) is 0 Å². The number of hydrogen-bond acceptors (Lipinski definition) is 3. The van der Waals surface area contributed by atoms with Crippen LogP contribution in [0.3, 0.4) is 0 Å². The summed E-state index contributed by atoms with van der Waals surface area (Å²) in [6, 6.07) is 9.40. The van der Waals surface area contributed by atoms with Crippen LogP contribution in [0.25, 0.3) is 0 Å². The number of nitrogens with one attached hydrogen (secondary N) is 2. The van der Waals surface area contributed by atoms with Gasteiger partial charge in [-0.2, -0.15) is 0 Å². The number of amides is 2. The third-order valence-corrected chi connectivity index (χ3v) is 3.36. The molecule has 0 radical (unpaired) electrons. The summed E-state index contributed by atoms with van der Waals surface area (Å²) in [6.07, 6.45) is -0.778. The smallest absolute Gasteiger partial charge is 0.314 e. The van der Waals surface area contributed by atoms with Gasteiger partial charge < -0.3 is 20.5 Å². The molecule has 0 aromatic heterocycles. The Kier molecular flexibility index (Phi) is 6.65. The molecule has 1 rings (SSSR count). The van der Waals surface area contributed by atoms with Crippen LogP contribution in [0.5, 0.6) is 0 Å². The van der Waals surface area contributed by atoms with Gasteiger partial charge in [-0.3, -0.25) is 0 Å². The van der Waals surface area contributed by atoms with Crippen molar-refractivity contribution in [3.05, 3.63) is 35.9 Å². The molecule has 5 heteroatoms. The minimum Gasteiger partial charge on any atom is -0.391 e. The summed E-state index contributed by atoms with van der Waals surface area (Å²) >= 11 is 0. The highest BCUT2D eigenvalue weighted by molar-refractivity contribution is 5.73. The zero-order chi connectivity index (χ0) is 15.9. The van der Waals surface area contributed by atoms with Crippen LogP contribution in [0.2, 0.25) is 0 Å². The van der Waals surface area contributed by atoms with Gasteiger partial charge in [0.25, 0.3) is 0 Å². The number of carbonyl (C=O) groups excluding carboxylic acids is 1. The maximum absolute atomic E-state index is 11.7. The maximum atomic E-state index is 11.7. The largest absolute Gasteiger partial charge is 0.391 e. The zero-order valence-electron chi connectivity index (χ0n) is 13.2. The average Bonchev–Trinajstić information content (AvgIpc) is 2.45. The van der Waals surface area contributed by atoms with Gasteiger partial charge in [0, 0.05) is 20.2 Å². The molecule has 0 spiro atoms. The molecule has 1 aromatic carbocycles. The minimum absolute atomic E-state index is 0.190. The summed E-state index contributed by atoms with van der Waals surface area (Å²) in [5, 5.41) is 15.3. The third-order valence-electron chi connectivity index (χ3n) is 3.36. The molecule has 0 aliphatic carbocycles. The van der Waals surface area contributed by atoms with E-state index in [1.807, 2.05) is 51.1 Å². The Labute approximate surface area is 126 Å². The second kappa shape index (κ2) is 8.00. The van der Waals surface area contributed by atoms with Gasteiger partial charge in [-0.25, -0.2) is 4.79 Å². The van der Waals surface area contributed by atoms with Crippen molar-refractivity contribution in [3.8, 4) is 0 Å². The summed E-state index contributed by atoms with van der Waals surface area (Å²) in [4.78, 5) is 11.7. The molecule has 2 atom stereocenters. The highest BCUT2D eigenvalue weighted by Gasteiger charge is 2.22. The molecule has 1 aromatic rings. The zero-order valence-corrected chi connectivity index (χ0v) is 13.2. The number of aliphatic hydroxyl groups excluding tert-OH is 1. The van der Waals surface area contributed by atoms with Crippen LogP contribution in [0.15, 0.2) is 30.3 Å². The Hall–Kier alpha value is -1.59. The topological polar surface area (TPSA) is 70.6 Å². The summed E-state index contributed by atoms with van der Waals surface area (Å²) < 4.78 is 5.37. The van der Waals surface area contributed by atoms with E-state index >= 15 is 0 Å². The number of hydrogen-bond donors (Lipinski definition) is 3. The summed E-state index contributed by atoms with van der Waals surface area (Å²) in [5.74, 6) is 0. The highest BCUT2D eigenvalue weighted by Crippen LogP contribution is 2.18. The first kappa shape index (κ1) is 17.5. The molecule has 0 saturated heterocycles. The molecule has 2 unspecified atom stereocenters. The van der Waals surface area contributed by atoms with E-state index in [0.29, 0.717) is 6.54 Å². The number of benzene rings is 1. The van der Waals surface area contributed by atoms with Gasteiger partial charge in [-0.05, 0) is 11.0 Å². The molecule has 5 nitrogen and oxygen atoms in total. The van der Waals surface area contributed by atoms with Crippen molar-refractivity contribution < 1.29 is 14.6 Å². The fourth-order valence-electron chi connectivity index (χ4n) is 1.75. The van der Waals surface area contributed by atoms with Gasteiger partial charge >= 0.3 is 6.03 Å². The first-order valence-corrected chi connectivity index (χ1v) is 7.12. The average molecular weight is 294 g/mol. The predicted octanol–water partition coefficient (Wildman–Crippen LogP) is 2.08. The van der Waals surface area contributed by atoms with Crippen LogP contribution in [-0.2, 0) is 4.74 Å². The van der Waals surface area contributed by atoms with Crippen molar-refractivity contribution in [3.63, 3.8) is 0 Å². The van der Waals surface area contributed by atoms with Crippen LogP contribution in [-0.4, -0.2) is 37.4 Å². The van der Waals surface area contributed by atoms with E-state index in [1.165, 1.54) is 0 Å². The van der Waals surface area contributed by atoms with E-state index in [0.717, 1.165) is 5.56 Å². The van der Waals surface area contributed by atoms with E-state index < -0.39 is 6.10 Å². The van der Waals surface area contributed by atoms with E-state index in [-0.39, 0.29) is 24.1 Å². The summed E-state index contributed by atoms with van der Waals surface area (Å²) in [7, 11) is 1.61. The molecule has 3 N–H and O–H groups in total. The van der Waals surface area contributed by atoms with Gasteiger partial charge in [-0.15, -0.1) is 0 Å². The van der Waals surface area contributed by atoms with Crippen molar-refractivity contribution >= 4 is 6.03 Å². The van der Waals surface area contributed by atoms with Crippen molar-refractivity contribution in [2.24, 2.45) is 5.41 Å². The van der Waals surface area contributed by atoms with Crippen molar-refractivity contribution in [2.75, 3.05) is 20.2 Å². The van der Waals surface area contributed by atoms with E-state index in [9.17, 15) is 9.90 Å². The van der Waals surface area contributed by atoms with Crippen LogP contribution < -0.4 is 10.6 Å². The van der Waals surface area contributed by atoms with Gasteiger partial charge in [0.15, 0.2) is 0 Å². The molecule has 0 bridgehead atoms. The normalized spacial score (nSPS) is 14.3. The van der Waals surface area contributed by atoms with Crippen molar-refractivity contribution in [1.82, 2.24) is 10.6 Å². The molecule has 0 aliphatic heterocycles. The molecule has 118 valence electrons. The van der Waals surface area contributed by atoms with Gasteiger partial charge in [-0.1, -0.05) is 51.1 Å². The summed E-state index contributed by atoms with van der Waals surface area (Å²) in [6.45, 7) is 6.37. The lowest BCUT2D eigenvalue weighted by Crippen LogP contribution is -2.44. The number of urea groups is 1. The molecule has 0 fully saturated rings. The third kappa shape index (κ3) is 6.14. The molecule has 21 heavy (non-hydrogen) atoms. The molecule has 0 saturated carbocycles. The second-order valence-corrected chi connectivity index (χ2v) is 6.11. The fraction of sp³-hybridized carbons (Fsp3) is 0.562. The van der Waals surface area contributed by atoms with Crippen LogP contribution >= 0.6 is 0 Å². The lowest BCUT2D eigenvalue weighted by molar-refractivity contribution is 0.0645. The van der Waals surface area contributed by atoms with E-state index in [4.69, 9.17) is 4.74 Å².